The summed E-state index contributed by atoms with van der Waals surface area (Å²) in [5.41, 5.74) is 0. The van der Waals surface area contributed by atoms with Gasteiger partial charge in [-0.3, -0.25) is 0 Å². The Balaban J connectivity index is 4.17. The average molecular weight is 321 g/mol. The zero-order valence-corrected chi connectivity index (χ0v) is 16.8. The first-order chi connectivity index (χ1) is 8.33. The Hall–Kier alpha value is -0.0794. The van der Waals surface area contributed by atoms with E-state index in [1.807, 2.05) is 0 Å². The van der Waals surface area contributed by atoms with Crippen molar-refractivity contribution >= 4 is 30.4 Å². The predicted octanol–water partition coefficient (Wildman–Crippen LogP) is 4.98. The van der Waals surface area contributed by atoms with Gasteiger partial charge in [0.15, 0.2) is 0 Å². The zero-order valence-electron chi connectivity index (χ0n) is 13.8. The molecule has 0 unspecified atom stereocenters. The van der Waals surface area contributed by atoms with E-state index in [2.05, 4.69) is 45.8 Å². The van der Waals surface area contributed by atoms with Crippen LogP contribution in [0.25, 0.3) is 0 Å². The van der Waals surface area contributed by atoms with Crippen LogP contribution in [0.2, 0.25) is 70.0 Å². The summed E-state index contributed by atoms with van der Waals surface area (Å²) in [6.07, 6.45) is -0.684. The van der Waals surface area contributed by atoms with E-state index in [1.165, 1.54) is 24.2 Å². The summed E-state index contributed by atoms with van der Waals surface area (Å²) in [5, 5.41) is 8.59. The van der Waals surface area contributed by atoms with Crippen molar-refractivity contribution in [2.24, 2.45) is 0 Å². The SMILES string of the molecule is C[Si](C)(C)CC[Si](C)(C)CC[Si](C)(C)COC(=O)O. The van der Waals surface area contributed by atoms with Crippen LogP contribution in [0.15, 0.2) is 0 Å². The summed E-state index contributed by atoms with van der Waals surface area (Å²) >= 11 is 0. The lowest BCUT2D eigenvalue weighted by molar-refractivity contribution is 0.105. The molecule has 0 aromatic heterocycles. The van der Waals surface area contributed by atoms with Crippen molar-refractivity contribution in [3.63, 3.8) is 0 Å². The lowest BCUT2D eigenvalue weighted by Crippen LogP contribution is -2.38. The molecule has 0 fully saturated rings. The fourth-order valence-electron chi connectivity index (χ4n) is 1.84. The second-order valence-corrected chi connectivity index (χ2v) is 24.5. The average Bonchev–Trinajstić information content (AvgIpc) is 2.21. The van der Waals surface area contributed by atoms with Gasteiger partial charge in [-0.05, 0) is 0 Å². The molecule has 0 saturated heterocycles. The van der Waals surface area contributed by atoms with Crippen molar-refractivity contribution < 1.29 is 14.6 Å². The van der Waals surface area contributed by atoms with Crippen LogP contribution >= 0.6 is 0 Å². The number of ether oxygens (including phenoxy) is 1. The molecule has 1 N–H and O–H groups in total. The third kappa shape index (κ3) is 11.4. The highest BCUT2D eigenvalue weighted by Gasteiger charge is 2.29. The maximum absolute atomic E-state index is 10.5. The van der Waals surface area contributed by atoms with Gasteiger partial charge in [-0.1, -0.05) is 70.0 Å². The molecule has 19 heavy (non-hydrogen) atoms. The highest BCUT2D eigenvalue weighted by molar-refractivity contribution is 6.84. The van der Waals surface area contributed by atoms with Gasteiger partial charge in [-0.2, -0.15) is 0 Å². The first-order valence-electron chi connectivity index (χ1n) is 7.19. The zero-order chi connectivity index (χ0) is 15.3. The van der Waals surface area contributed by atoms with Crippen LogP contribution in [0, 0.1) is 0 Å². The Labute approximate surface area is 121 Å². The van der Waals surface area contributed by atoms with Crippen molar-refractivity contribution in [1.29, 1.82) is 0 Å². The number of hydrogen-bond acceptors (Lipinski definition) is 2. The van der Waals surface area contributed by atoms with E-state index in [1.54, 1.807) is 0 Å². The molecule has 0 bridgehead atoms. The minimum atomic E-state index is -1.51. The minimum Gasteiger partial charge on any atom is -0.450 e. The predicted molar refractivity (Wildman–Crippen MR) is 91.5 cm³/mol. The number of hydrogen-bond donors (Lipinski definition) is 1. The Morgan fingerprint density at radius 3 is 1.68 bits per heavy atom. The molecule has 0 rings (SSSR count). The summed E-state index contributed by atoms with van der Waals surface area (Å²) in [7, 11) is -3.55. The quantitative estimate of drug-likeness (QED) is 0.507. The molecule has 0 saturated carbocycles. The van der Waals surface area contributed by atoms with E-state index >= 15 is 0 Å². The van der Waals surface area contributed by atoms with Crippen LogP contribution in [-0.4, -0.2) is 41.7 Å². The summed E-state index contributed by atoms with van der Waals surface area (Å²) < 4.78 is 4.79. The van der Waals surface area contributed by atoms with E-state index < -0.39 is 30.4 Å². The lowest BCUT2D eigenvalue weighted by Gasteiger charge is -2.30. The molecule has 0 aliphatic rings. The first-order valence-corrected chi connectivity index (χ1v) is 17.7. The van der Waals surface area contributed by atoms with Crippen molar-refractivity contribution in [2.75, 3.05) is 6.23 Å². The van der Waals surface area contributed by atoms with Gasteiger partial charge in [0, 0.05) is 16.1 Å². The van der Waals surface area contributed by atoms with Gasteiger partial charge >= 0.3 is 6.16 Å². The molecule has 0 aromatic carbocycles. The standard InChI is InChI=1S/C13H32O3Si3/c1-17(2,3)8-9-18(4,5)10-11-19(6,7)12-16-13(14)15/h8-12H2,1-7H3,(H,14,15). The normalized spacial score (nSPS) is 13.4. The smallest absolute Gasteiger partial charge is 0.450 e. The van der Waals surface area contributed by atoms with E-state index in [-0.39, 0.29) is 0 Å². The maximum atomic E-state index is 10.5. The molecule has 3 nitrogen and oxygen atoms in total. The summed E-state index contributed by atoms with van der Waals surface area (Å²) in [5.74, 6) is 0. The second kappa shape index (κ2) is 7.08. The highest BCUT2D eigenvalue weighted by atomic mass is 28.3. The molecular formula is C13H32O3Si3. The third-order valence-electron chi connectivity index (χ3n) is 3.62. The maximum Gasteiger partial charge on any atom is 0.505 e. The first kappa shape index (κ1) is 18.9. The molecule has 0 aromatic rings. The van der Waals surface area contributed by atoms with Crippen LogP contribution in [-0.2, 0) is 4.74 Å². The fraction of sp³-hybridized carbons (Fsp3) is 0.923. The van der Waals surface area contributed by atoms with E-state index in [0.29, 0.717) is 6.23 Å². The van der Waals surface area contributed by atoms with Crippen LogP contribution in [0.3, 0.4) is 0 Å². The molecular weight excluding hydrogens is 288 g/mol. The largest absolute Gasteiger partial charge is 0.505 e. The topological polar surface area (TPSA) is 46.5 Å². The molecule has 0 aliphatic heterocycles. The molecule has 6 heteroatoms. The lowest BCUT2D eigenvalue weighted by atomic mass is 10.9. The number of rotatable bonds is 8. The van der Waals surface area contributed by atoms with Gasteiger partial charge in [0.2, 0.25) is 0 Å². The molecule has 0 atom stereocenters. The molecule has 0 heterocycles. The van der Waals surface area contributed by atoms with Gasteiger partial charge in [0.05, 0.1) is 14.3 Å². The van der Waals surface area contributed by atoms with Crippen molar-refractivity contribution in [2.45, 2.75) is 70.0 Å². The summed E-state index contributed by atoms with van der Waals surface area (Å²) in [6, 6.07) is 5.37. The van der Waals surface area contributed by atoms with Gasteiger partial charge in [-0.15, -0.1) is 0 Å². The van der Waals surface area contributed by atoms with Gasteiger partial charge in [-0.25, -0.2) is 4.79 Å². The van der Waals surface area contributed by atoms with Gasteiger partial charge < -0.3 is 9.84 Å². The molecule has 0 radical (unpaired) electrons. The fourth-order valence-corrected chi connectivity index (χ4v) is 13.9. The molecule has 114 valence electrons. The monoisotopic (exact) mass is 320 g/mol. The van der Waals surface area contributed by atoms with Crippen LogP contribution in [0.4, 0.5) is 4.79 Å². The molecule has 0 amide bonds. The van der Waals surface area contributed by atoms with Gasteiger partial charge in [0.1, 0.15) is 0 Å². The van der Waals surface area contributed by atoms with Crippen molar-refractivity contribution in [3.05, 3.63) is 0 Å². The van der Waals surface area contributed by atoms with E-state index in [0.717, 1.165) is 0 Å². The third-order valence-corrected chi connectivity index (χ3v) is 12.1. The Bertz CT molecular complexity index is 296. The Morgan fingerprint density at radius 2 is 1.26 bits per heavy atom. The van der Waals surface area contributed by atoms with Gasteiger partial charge in [0.25, 0.3) is 0 Å². The van der Waals surface area contributed by atoms with E-state index in [9.17, 15) is 4.79 Å². The number of carboxylic acid groups (broad SMARTS) is 1. The minimum absolute atomic E-state index is 0.445. The molecule has 0 aliphatic carbocycles. The van der Waals surface area contributed by atoms with Crippen LogP contribution < -0.4 is 0 Å². The molecule has 0 spiro atoms. The van der Waals surface area contributed by atoms with E-state index in [4.69, 9.17) is 9.84 Å². The summed E-state index contributed by atoms with van der Waals surface area (Å²) in [6.45, 7) is 16.8. The van der Waals surface area contributed by atoms with Crippen LogP contribution in [0.5, 0.6) is 0 Å². The Morgan fingerprint density at radius 1 is 0.842 bits per heavy atom. The Kier molecular flexibility index (Phi) is 7.05. The second-order valence-electron chi connectivity index (χ2n) is 8.44. The van der Waals surface area contributed by atoms with Crippen molar-refractivity contribution in [3.8, 4) is 0 Å². The van der Waals surface area contributed by atoms with Crippen molar-refractivity contribution in [1.82, 2.24) is 0 Å². The summed E-state index contributed by atoms with van der Waals surface area (Å²) in [4.78, 5) is 10.5. The van der Waals surface area contributed by atoms with Crippen LogP contribution in [0.1, 0.15) is 0 Å². The highest BCUT2D eigenvalue weighted by Crippen LogP contribution is 2.27. The number of carbonyl (C=O) groups is 1.